The van der Waals surface area contributed by atoms with Crippen molar-refractivity contribution in [2.45, 2.75) is 13.5 Å². The zero-order valence-electron chi connectivity index (χ0n) is 12.6. The number of nitrogens with zero attached hydrogens (tertiary/aromatic N) is 5. The molecule has 0 spiro atoms. The molecule has 4 heterocycles. The van der Waals surface area contributed by atoms with Crippen molar-refractivity contribution in [2.24, 2.45) is 0 Å². The lowest BCUT2D eigenvalue weighted by Gasteiger charge is -2.03. The number of carbonyl (C=O) groups is 1. The van der Waals surface area contributed by atoms with Crippen molar-refractivity contribution >= 4 is 34.2 Å². The smallest absolute Gasteiger partial charge is 0.271 e. The molecule has 0 fully saturated rings. The lowest BCUT2D eigenvalue weighted by Crippen LogP contribution is -2.24. The van der Waals surface area contributed by atoms with Crippen molar-refractivity contribution in [1.82, 2.24) is 30.1 Å². The maximum Gasteiger partial charge on any atom is 0.271 e. The van der Waals surface area contributed by atoms with E-state index in [1.165, 1.54) is 11.3 Å². The summed E-state index contributed by atoms with van der Waals surface area (Å²) in [5.74, 6) is 0.342. The van der Waals surface area contributed by atoms with Crippen LogP contribution in [0.15, 0.2) is 35.0 Å². The number of aromatic nitrogens is 5. The van der Waals surface area contributed by atoms with E-state index >= 15 is 0 Å². The van der Waals surface area contributed by atoms with Crippen LogP contribution in [0.4, 0.5) is 0 Å². The monoisotopic (exact) mass is 356 g/mol. The second-order valence-electron chi connectivity index (χ2n) is 5.02. The molecule has 0 aliphatic heterocycles. The molecule has 4 aromatic heterocycles. The normalized spacial score (nSPS) is 11.0. The first-order valence-corrected chi connectivity index (χ1v) is 8.92. The molecule has 1 N–H and O–H groups in total. The summed E-state index contributed by atoms with van der Waals surface area (Å²) in [5, 5.41) is 20.2. The molecule has 24 heavy (non-hydrogen) atoms. The third-order valence-corrected chi connectivity index (χ3v) is 5.03. The number of hydrogen-bond acceptors (Lipinski definition) is 7. The maximum absolute atomic E-state index is 12.1. The molecule has 0 saturated carbocycles. The Hall–Kier alpha value is -2.65. The maximum atomic E-state index is 12.1. The van der Waals surface area contributed by atoms with Gasteiger partial charge in [0.25, 0.3) is 5.91 Å². The molecule has 0 radical (unpaired) electrons. The van der Waals surface area contributed by atoms with Crippen LogP contribution in [0, 0.1) is 6.92 Å². The summed E-state index contributed by atoms with van der Waals surface area (Å²) in [4.78, 5) is 17.3. The minimum absolute atomic E-state index is 0.231. The Bertz CT molecular complexity index is 1000. The summed E-state index contributed by atoms with van der Waals surface area (Å²) in [6, 6.07) is 7.77. The number of nitrogens with one attached hydrogen (secondary N) is 1. The Morgan fingerprint density at radius 1 is 1.25 bits per heavy atom. The van der Waals surface area contributed by atoms with E-state index in [0.29, 0.717) is 17.2 Å². The van der Waals surface area contributed by atoms with Crippen molar-refractivity contribution < 1.29 is 4.79 Å². The molecule has 0 aliphatic carbocycles. The van der Waals surface area contributed by atoms with Crippen LogP contribution in [0.3, 0.4) is 0 Å². The van der Waals surface area contributed by atoms with Gasteiger partial charge in [0.1, 0.15) is 11.4 Å². The van der Waals surface area contributed by atoms with Gasteiger partial charge in [-0.1, -0.05) is 6.07 Å². The molecule has 0 atom stereocenters. The summed E-state index contributed by atoms with van der Waals surface area (Å²) >= 11 is 3.06. The van der Waals surface area contributed by atoms with Gasteiger partial charge in [0.2, 0.25) is 0 Å². The van der Waals surface area contributed by atoms with E-state index in [2.05, 4.69) is 25.6 Å². The molecule has 0 aliphatic rings. The van der Waals surface area contributed by atoms with Crippen LogP contribution < -0.4 is 5.32 Å². The first-order valence-electron chi connectivity index (χ1n) is 7.16. The van der Waals surface area contributed by atoms with Gasteiger partial charge in [-0.05, 0) is 30.5 Å². The highest BCUT2D eigenvalue weighted by Gasteiger charge is 2.13. The van der Waals surface area contributed by atoms with Crippen LogP contribution in [0.1, 0.15) is 21.3 Å². The minimum atomic E-state index is -0.231. The molecule has 7 nitrogen and oxygen atoms in total. The number of aryl methyl sites for hydroxylation is 1. The quantitative estimate of drug-likeness (QED) is 0.607. The Labute approximate surface area is 145 Å². The van der Waals surface area contributed by atoms with E-state index in [1.807, 2.05) is 36.6 Å². The zero-order valence-corrected chi connectivity index (χ0v) is 14.3. The topological polar surface area (TPSA) is 85.1 Å². The molecule has 4 rings (SSSR count). The fourth-order valence-electron chi connectivity index (χ4n) is 2.22. The third kappa shape index (κ3) is 2.79. The first-order chi connectivity index (χ1) is 11.7. The summed E-state index contributed by atoms with van der Waals surface area (Å²) in [7, 11) is 0. The van der Waals surface area contributed by atoms with Crippen LogP contribution in [-0.4, -0.2) is 30.7 Å². The molecule has 120 valence electrons. The lowest BCUT2D eigenvalue weighted by molar-refractivity contribution is 0.0945. The van der Waals surface area contributed by atoms with Crippen LogP contribution >= 0.6 is 22.7 Å². The molecule has 0 bridgehead atoms. The largest absolute Gasteiger partial charge is 0.343 e. The molecular weight excluding hydrogens is 344 g/mol. The van der Waals surface area contributed by atoms with E-state index in [9.17, 15) is 4.79 Å². The predicted octanol–water partition coefficient (Wildman–Crippen LogP) is 2.55. The van der Waals surface area contributed by atoms with Crippen molar-refractivity contribution in [2.75, 3.05) is 0 Å². The van der Waals surface area contributed by atoms with Crippen LogP contribution in [-0.2, 0) is 6.54 Å². The molecule has 9 heteroatoms. The highest BCUT2D eigenvalue weighted by atomic mass is 32.1. The summed E-state index contributed by atoms with van der Waals surface area (Å²) in [6.45, 7) is 2.10. The summed E-state index contributed by atoms with van der Waals surface area (Å²) < 4.78 is 1.65. The van der Waals surface area contributed by atoms with Gasteiger partial charge >= 0.3 is 0 Å². The van der Waals surface area contributed by atoms with E-state index in [-0.39, 0.29) is 12.5 Å². The van der Waals surface area contributed by atoms with Crippen LogP contribution in [0.5, 0.6) is 0 Å². The molecule has 0 saturated heterocycles. The second kappa shape index (κ2) is 6.10. The average molecular weight is 356 g/mol. The summed E-state index contributed by atoms with van der Waals surface area (Å²) in [6.07, 6.45) is 0. The predicted molar refractivity (Wildman–Crippen MR) is 92.1 cm³/mol. The number of hydrogen-bond donors (Lipinski definition) is 1. The van der Waals surface area contributed by atoms with Crippen LogP contribution in [0.2, 0.25) is 0 Å². The van der Waals surface area contributed by atoms with Gasteiger partial charge in [-0.15, -0.1) is 32.9 Å². The van der Waals surface area contributed by atoms with Crippen molar-refractivity contribution in [3.05, 3.63) is 51.6 Å². The molecule has 0 aromatic carbocycles. The van der Waals surface area contributed by atoms with Crippen molar-refractivity contribution in [1.29, 1.82) is 0 Å². The van der Waals surface area contributed by atoms with E-state index in [4.69, 9.17) is 0 Å². The Morgan fingerprint density at radius 2 is 2.17 bits per heavy atom. The standard InChI is InChI=1S/C15H12N6OS2/c1-9-17-11(8-24-9)15(22)16-7-14-19-18-13-5-4-10(20-21(13)14)12-3-2-6-23-12/h2-6,8H,7H2,1H3,(H,16,22). The van der Waals surface area contributed by atoms with Gasteiger partial charge in [0.15, 0.2) is 11.5 Å². The van der Waals surface area contributed by atoms with Gasteiger partial charge in [-0.25, -0.2) is 4.98 Å². The highest BCUT2D eigenvalue weighted by Crippen LogP contribution is 2.22. The molecule has 1 amide bonds. The number of rotatable bonds is 4. The average Bonchev–Trinajstić information content (AvgIpc) is 3.33. The minimum Gasteiger partial charge on any atom is -0.343 e. The number of fused-ring (bicyclic) bond motifs is 1. The number of amides is 1. The number of carbonyl (C=O) groups excluding carboxylic acids is 1. The van der Waals surface area contributed by atoms with Crippen LogP contribution in [0.25, 0.3) is 16.2 Å². The number of thiazole rings is 1. The van der Waals surface area contributed by atoms with E-state index in [1.54, 1.807) is 21.2 Å². The van der Waals surface area contributed by atoms with Crippen molar-refractivity contribution in [3.63, 3.8) is 0 Å². The van der Waals surface area contributed by atoms with Crippen molar-refractivity contribution in [3.8, 4) is 10.6 Å². The van der Waals surface area contributed by atoms with Gasteiger partial charge in [0.05, 0.1) is 16.4 Å². The van der Waals surface area contributed by atoms with E-state index < -0.39 is 0 Å². The van der Waals surface area contributed by atoms with Gasteiger partial charge in [0, 0.05) is 5.38 Å². The van der Waals surface area contributed by atoms with E-state index in [0.717, 1.165) is 15.6 Å². The Morgan fingerprint density at radius 3 is 2.92 bits per heavy atom. The second-order valence-corrected chi connectivity index (χ2v) is 7.03. The molecule has 0 unspecified atom stereocenters. The fraction of sp³-hybridized carbons (Fsp3) is 0.133. The SMILES string of the molecule is Cc1nc(C(=O)NCc2nnc3ccc(-c4cccs4)nn23)cs1. The summed E-state index contributed by atoms with van der Waals surface area (Å²) in [5.41, 5.74) is 1.91. The Balaban J connectivity index is 1.58. The van der Waals surface area contributed by atoms with Gasteiger partial charge < -0.3 is 5.32 Å². The Kier molecular flexibility index (Phi) is 3.79. The van der Waals surface area contributed by atoms with Gasteiger partial charge in [-0.2, -0.15) is 9.61 Å². The lowest BCUT2D eigenvalue weighted by atomic mass is 10.3. The first kappa shape index (κ1) is 14.9. The zero-order chi connectivity index (χ0) is 16.5. The van der Waals surface area contributed by atoms with Gasteiger partial charge in [-0.3, -0.25) is 4.79 Å². The highest BCUT2D eigenvalue weighted by molar-refractivity contribution is 7.13. The number of thiophene rings is 1. The fourth-order valence-corrected chi connectivity index (χ4v) is 3.50. The molecule has 4 aromatic rings. The molecular formula is C15H12N6OS2. The third-order valence-electron chi connectivity index (χ3n) is 3.36.